The molecule has 0 unspecified atom stereocenters. The lowest BCUT2D eigenvalue weighted by molar-refractivity contribution is 0.0730. The number of aromatic nitrogens is 2. The van der Waals surface area contributed by atoms with Crippen LogP contribution in [0.2, 0.25) is 0 Å². The first-order valence-corrected chi connectivity index (χ1v) is 9.63. The maximum atomic E-state index is 13.0. The average Bonchev–Trinajstić information content (AvgIpc) is 2.96. The largest absolute Gasteiger partial charge is 0.497 e. The highest BCUT2D eigenvalue weighted by molar-refractivity contribution is 7.89. The molecule has 2 aromatic rings. The van der Waals surface area contributed by atoms with Crippen molar-refractivity contribution < 1.29 is 22.7 Å². The quantitative estimate of drug-likeness (QED) is 0.793. The van der Waals surface area contributed by atoms with Crippen LogP contribution in [0.15, 0.2) is 29.2 Å². The summed E-state index contributed by atoms with van der Waals surface area (Å²) in [5, 5.41) is 4.19. The van der Waals surface area contributed by atoms with Crippen molar-refractivity contribution in [1.82, 2.24) is 14.1 Å². The zero-order chi connectivity index (χ0) is 18.9. The molecule has 1 aliphatic heterocycles. The van der Waals surface area contributed by atoms with Gasteiger partial charge in [0.15, 0.2) is 0 Å². The number of hydrogen-bond donors (Lipinski definition) is 0. The molecule has 1 fully saturated rings. The average molecular weight is 379 g/mol. The molecular weight excluding hydrogens is 358 g/mol. The van der Waals surface area contributed by atoms with Crippen LogP contribution in [-0.2, 0) is 14.8 Å². The third kappa shape index (κ3) is 3.25. The number of nitrogens with zero attached hydrogens (tertiary/aromatic N) is 3. The molecule has 0 N–H and O–H groups in total. The summed E-state index contributed by atoms with van der Waals surface area (Å²) in [4.78, 5) is 12.9. The summed E-state index contributed by atoms with van der Waals surface area (Å²) in [6.45, 7) is 4.48. The number of ether oxygens (including phenoxy) is 2. The van der Waals surface area contributed by atoms with Crippen molar-refractivity contribution in [2.24, 2.45) is 0 Å². The molecule has 1 aromatic carbocycles. The van der Waals surface area contributed by atoms with E-state index in [1.807, 2.05) is 0 Å². The van der Waals surface area contributed by atoms with Crippen LogP contribution >= 0.6 is 0 Å². The van der Waals surface area contributed by atoms with Gasteiger partial charge in [-0.2, -0.15) is 14.1 Å². The molecule has 0 spiro atoms. The first-order chi connectivity index (χ1) is 12.4. The summed E-state index contributed by atoms with van der Waals surface area (Å²) in [5.41, 5.74) is 0.998. The second kappa shape index (κ2) is 7.18. The molecule has 1 aliphatic rings. The van der Waals surface area contributed by atoms with Crippen molar-refractivity contribution in [2.45, 2.75) is 18.7 Å². The zero-order valence-electron chi connectivity index (χ0n) is 14.9. The Kier molecular flexibility index (Phi) is 5.12. The molecular formula is C17H21N3O5S. The highest BCUT2D eigenvalue weighted by atomic mass is 32.2. The van der Waals surface area contributed by atoms with Crippen molar-refractivity contribution in [2.75, 3.05) is 33.4 Å². The maximum absolute atomic E-state index is 13.0. The first-order valence-electron chi connectivity index (χ1n) is 8.19. The Morgan fingerprint density at radius 3 is 2.35 bits per heavy atom. The third-order valence-electron chi connectivity index (χ3n) is 4.32. The van der Waals surface area contributed by atoms with E-state index in [4.69, 9.17) is 9.47 Å². The van der Waals surface area contributed by atoms with Gasteiger partial charge in [-0.05, 0) is 38.1 Å². The Morgan fingerprint density at radius 2 is 1.77 bits per heavy atom. The van der Waals surface area contributed by atoms with Gasteiger partial charge >= 0.3 is 0 Å². The van der Waals surface area contributed by atoms with Crippen molar-refractivity contribution >= 4 is 15.9 Å². The Balaban J connectivity index is 1.98. The molecule has 140 valence electrons. The van der Waals surface area contributed by atoms with E-state index in [1.54, 1.807) is 45.2 Å². The summed E-state index contributed by atoms with van der Waals surface area (Å²) in [7, 11) is -2.19. The highest BCUT2D eigenvalue weighted by Gasteiger charge is 2.33. The second-order valence-electron chi connectivity index (χ2n) is 5.96. The van der Waals surface area contributed by atoms with Crippen LogP contribution in [0.3, 0.4) is 0 Å². The predicted octanol–water partition coefficient (Wildman–Crippen LogP) is 1.22. The molecule has 9 heteroatoms. The van der Waals surface area contributed by atoms with Crippen molar-refractivity contribution in [1.29, 1.82) is 0 Å². The van der Waals surface area contributed by atoms with Crippen molar-refractivity contribution in [3.05, 3.63) is 41.2 Å². The van der Waals surface area contributed by atoms with E-state index >= 15 is 0 Å². The fourth-order valence-corrected chi connectivity index (χ4v) is 4.73. The number of sulfonamides is 1. The Hall–Kier alpha value is -2.23. The maximum Gasteiger partial charge on any atom is 0.278 e. The topological polar surface area (TPSA) is 90.7 Å². The molecule has 0 saturated carbocycles. The number of hydrogen-bond acceptors (Lipinski definition) is 6. The molecule has 0 radical (unpaired) electrons. The van der Waals surface area contributed by atoms with Crippen LogP contribution in [-0.4, -0.2) is 61.8 Å². The number of morpholine rings is 1. The van der Waals surface area contributed by atoms with E-state index in [0.717, 1.165) is 4.68 Å². The van der Waals surface area contributed by atoms with E-state index in [9.17, 15) is 13.2 Å². The summed E-state index contributed by atoms with van der Waals surface area (Å²) in [5.74, 6) is 0.238. The SMILES string of the molecule is COc1ccc(C(=O)n2nc(C)c(S(=O)(=O)N3CCOCC3)c2C)cc1. The van der Waals surface area contributed by atoms with Crippen LogP contribution in [0, 0.1) is 13.8 Å². The molecule has 0 amide bonds. The van der Waals surface area contributed by atoms with Gasteiger partial charge in [0.25, 0.3) is 5.91 Å². The third-order valence-corrected chi connectivity index (χ3v) is 6.47. The molecule has 26 heavy (non-hydrogen) atoms. The van der Waals surface area contributed by atoms with Gasteiger partial charge in [-0.25, -0.2) is 8.42 Å². The van der Waals surface area contributed by atoms with Gasteiger partial charge < -0.3 is 9.47 Å². The number of carbonyl (C=O) groups excluding carboxylic acids is 1. The Morgan fingerprint density at radius 1 is 1.15 bits per heavy atom. The van der Waals surface area contributed by atoms with Gasteiger partial charge in [-0.3, -0.25) is 4.79 Å². The lowest BCUT2D eigenvalue weighted by atomic mass is 10.2. The predicted molar refractivity (Wildman–Crippen MR) is 94.0 cm³/mol. The van der Waals surface area contributed by atoms with E-state index in [0.29, 0.717) is 49.0 Å². The molecule has 1 saturated heterocycles. The molecule has 0 atom stereocenters. The van der Waals surface area contributed by atoms with Crippen LogP contribution in [0.1, 0.15) is 21.7 Å². The summed E-state index contributed by atoms with van der Waals surface area (Å²) < 4.78 is 38.8. The lowest BCUT2D eigenvalue weighted by Crippen LogP contribution is -2.41. The number of rotatable bonds is 4. The molecule has 2 heterocycles. The number of benzene rings is 1. The van der Waals surface area contributed by atoms with Crippen LogP contribution in [0.25, 0.3) is 0 Å². The highest BCUT2D eigenvalue weighted by Crippen LogP contribution is 2.25. The van der Waals surface area contributed by atoms with Gasteiger partial charge in [-0.1, -0.05) is 0 Å². The molecule has 1 aromatic heterocycles. The summed E-state index contributed by atoms with van der Waals surface area (Å²) >= 11 is 0. The van der Waals surface area contributed by atoms with E-state index in [2.05, 4.69) is 5.10 Å². The van der Waals surface area contributed by atoms with Crippen molar-refractivity contribution in [3.8, 4) is 5.75 Å². The van der Waals surface area contributed by atoms with Gasteiger partial charge in [-0.15, -0.1) is 0 Å². The molecule has 8 nitrogen and oxygen atoms in total. The van der Waals surface area contributed by atoms with Gasteiger partial charge in [0.1, 0.15) is 10.6 Å². The van der Waals surface area contributed by atoms with Gasteiger partial charge in [0, 0.05) is 18.7 Å². The van der Waals surface area contributed by atoms with E-state index < -0.39 is 15.9 Å². The normalized spacial score (nSPS) is 15.8. The molecule has 0 bridgehead atoms. The van der Waals surface area contributed by atoms with Crippen LogP contribution < -0.4 is 4.74 Å². The minimum absolute atomic E-state index is 0.0845. The van der Waals surface area contributed by atoms with Crippen LogP contribution in [0.5, 0.6) is 5.75 Å². The Bertz CT molecular complexity index is 913. The smallest absolute Gasteiger partial charge is 0.278 e. The summed E-state index contributed by atoms with van der Waals surface area (Å²) in [6, 6.07) is 6.58. The minimum Gasteiger partial charge on any atom is -0.497 e. The fourth-order valence-electron chi connectivity index (χ4n) is 2.97. The zero-order valence-corrected chi connectivity index (χ0v) is 15.7. The fraction of sp³-hybridized carbons (Fsp3) is 0.412. The Labute approximate surface area is 152 Å². The number of carbonyl (C=O) groups is 1. The van der Waals surface area contributed by atoms with Crippen molar-refractivity contribution in [3.63, 3.8) is 0 Å². The molecule has 3 rings (SSSR count). The summed E-state index contributed by atoms with van der Waals surface area (Å²) in [6.07, 6.45) is 0. The van der Waals surface area contributed by atoms with Gasteiger partial charge in [0.2, 0.25) is 10.0 Å². The first kappa shape index (κ1) is 18.6. The van der Waals surface area contributed by atoms with E-state index in [1.165, 1.54) is 4.31 Å². The second-order valence-corrected chi connectivity index (χ2v) is 7.84. The lowest BCUT2D eigenvalue weighted by Gasteiger charge is -2.26. The number of aryl methyl sites for hydroxylation is 1. The number of methoxy groups -OCH3 is 1. The monoisotopic (exact) mass is 379 g/mol. The van der Waals surface area contributed by atoms with E-state index in [-0.39, 0.29) is 4.90 Å². The standard InChI is InChI=1S/C17H21N3O5S/c1-12-16(26(22,23)19-8-10-25-11-9-19)13(2)20(18-12)17(21)14-4-6-15(24-3)7-5-14/h4-7H,8-11H2,1-3H3. The molecule has 0 aliphatic carbocycles. The van der Waals surface area contributed by atoms with Crippen LogP contribution in [0.4, 0.5) is 0 Å². The minimum atomic E-state index is -3.73. The van der Waals surface area contributed by atoms with Gasteiger partial charge in [0.05, 0.1) is 31.7 Å².